The first kappa shape index (κ1) is 15.8. The summed E-state index contributed by atoms with van der Waals surface area (Å²) in [5.74, 6) is 0. The number of aryl methyl sites for hydroxylation is 2. The Balaban J connectivity index is 1.96. The second kappa shape index (κ2) is 8.63. The molecule has 2 aromatic rings. The van der Waals surface area contributed by atoms with Crippen molar-refractivity contribution in [2.75, 3.05) is 6.54 Å². The predicted molar refractivity (Wildman–Crippen MR) is 91.7 cm³/mol. The molecule has 0 aliphatic heterocycles. The molecule has 0 spiro atoms. The van der Waals surface area contributed by atoms with Gasteiger partial charge in [-0.25, -0.2) is 0 Å². The molecule has 1 atom stereocenters. The van der Waals surface area contributed by atoms with Gasteiger partial charge in [0.05, 0.1) is 0 Å². The first-order valence-corrected chi connectivity index (χ1v) is 8.11. The van der Waals surface area contributed by atoms with Gasteiger partial charge in [-0.05, 0) is 55.8 Å². The van der Waals surface area contributed by atoms with Crippen LogP contribution in [0.25, 0.3) is 0 Å². The van der Waals surface area contributed by atoms with Crippen molar-refractivity contribution in [2.24, 2.45) is 0 Å². The van der Waals surface area contributed by atoms with Crippen LogP contribution in [-0.2, 0) is 12.8 Å². The van der Waals surface area contributed by atoms with Crippen LogP contribution in [0.1, 0.15) is 36.5 Å². The summed E-state index contributed by atoms with van der Waals surface area (Å²) in [6.45, 7) is 5.55. The highest BCUT2D eigenvalue weighted by molar-refractivity contribution is 5.26. The Morgan fingerprint density at radius 2 is 1.67 bits per heavy atom. The first-order chi connectivity index (χ1) is 10.3. The summed E-state index contributed by atoms with van der Waals surface area (Å²) in [5, 5.41) is 3.72. The maximum atomic E-state index is 3.72. The normalized spacial score (nSPS) is 12.3. The zero-order valence-electron chi connectivity index (χ0n) is 13.3. The Bertz CT molecular complexity index is 518. The molecule has 0 saturated carbocycles. The van der Waals surface area contributed by atoms with Crippen LogP contribution in [0, 0.1) is 6.92 Å². The van der Waals surface area contributed by atoms with Crippen LogP contribution in [0.2, 0.25) is 0 Å². The Labute approximate surface area is 129 Å². The fraction of sp³-hybridized carbons (Fsp3) is 0.400. The van der Waals surface area contributed by atoms with Crippen molar-refractivity contribution in [2.45, 2.75) is 45.6 Å². The average molecular weight is 281 g/mol. The third kappa shape index (κ3) is 5.35. The fourth-order valence-corrected chi connectivity index (χ4v) is 2.71. The molecule has 0 saturated heterocycles. The molecule has 0 aromatic heterocycles. The van der Waals surface area contributed by atoms with Crippen LogP contribution in [0.15, 0.2) is 54.6 Å². The van der Waals surface area contributed by atoms with Gasteiger partial charge in [0.15, 0.2) is 0 Å². The molecule has 2 aromatic carbocycles. The predicted octanol–water partition coefficient (Wildman–Crippen LogP) is 4.54. The molecule has 0 aliphatic rings. The molecule has 1 heteroatoms. The summed E-state index contributed by atoms with van der Waals surface area (Å²) in [6.07, 6.45) is 4.65. The van der Waals surface area contributed by atoms with Gasteiger partial charge in [0.25, 0.3) is 0 Å². The minimum absolute atomic E-state index is 0.561. The maximum absolute atomic E-state index is 3.72. The van der Waals surface area contributed by atoms with Crippen molar-refractivity contribution in [3.8, 4) is 0 Å². The highest BCUT2D eigenvalue weighted by atomic mass is 14.9. The van der Waals surface area contributed by atoms with Gasteiger partial charge < -0.3 is 5.32 Å². The van der Waals surface area contributed by atoms with E-state index in [-0.39, 0.29) is 0 Å². The van der Waals surface area contributed by atoms with Crippen molar-refractivity contribution in [1.29, 1.82) is 0 Å². The van der Waals surface area contributed by atoms with Gasteiger partial charge in [-0.1, -0.05) is 61.5 Å². The van der Waals surface area contributed by atoms with Crippen LogP contribution >= 0.6 is 0 Å². The molecule has 0 bridgehead atoms. The van der Waals surface area contributed by atoms with Crippen LogP contribution in [0.5, 0.6) is 0 Å². The van der Waals surface area contributed by atoms with Crippen molar-refractivity contribution >= 4 is 0 Å². The Morgan fingerprint density at radius 3 is 2.38 bits per heavy atom. The van der Waals surface area contributed by atoms with Gasteiger partial charge in [0.2, 0.25) is 0 Å². The van der Waals surface area contributed by atoms with E-state index in [1.54, 1.807) is 0 Å². The minimum atomic E-state index is 0.561. The second-order valence-electron chi connectivity index (χ2n) is 5.81. The van der Waals surface area contributed by atoms with Gasteiger partial charge in [0, 0.05) is 6.04 Å². The van der Waals surface area contributed by atoms with E-state index in [0.29, 0.717) is 6.04 Å². The third-order valence-corrected chi connectivity index (χ3v) is 4.03. The third-order valence-electron chi connectivity index (χ3n) is 4.03. The SMILES string of the molecule is CCCNC(CCc1ccccc1)Cc1ccccc1C. The number of benzene rings is 2. The minimum Gasteiger partial charge on any atom is -0.314 e. The van der Waals surface area contributed by atoms with E-state index in [1.807, 2.05) is 0 Å². The molecule has 0 amide bonds. The lowest BCUT2D eigenvalue weighted by molar-refractivity contribution is 0.477. The molecule has 1 unspecified atom stereocenters. The van der Waals surface area contributed by atoms with Gasteiger partial charge >= 0.3 is 0 Å². The smallest absolute Gasteiger partial charge is 0.0111 e. The van der Waals surface area contributed by atoms with E-state index in [1.165, 1.54) is 29.5 Å². The number of hydrogen-bond acceptors (Lipinski definition) is 1. The highest BCUT2D eigenvalue weighted by Crippen LogP contribution is 2.13. The van der Waals surface area contributed by atoms with Crippen LogP contribution in [0.4, 0.5) is 0 Å². The van der Waals surface area contributed by atoms with Crippen molar-refractivity contribution < 1.29 is 0 Å². The van der Waals surface area contributed by atoms with E-state index in [4.69, 9.17) is 0 Å². The molecule has 0 fully saturated rings. The molecular formula is C20H27N. The molecule has 1 nitrogen and oxygen atoms in total. The lowest BCUT2D eigenvalue weighted by Gasteiger charge is -2.20. The fourth-order valence-electron chi connectivity index (χ4n) is 2.71. The number of rotatable bonds is 8. The Morgan fingerprint density at radius 1 is 0.952 bits per heavy atom. The van der Waals surface area contributed by atoms with Crippen molar-refractivity contribution in [3.05, 3.63) is 71.3 Å². The lowest BCUT2D eigenvalue weighted by Crippen LogP contribution is -2.32. The van der Waals surface area contributed by atoms with Gasteiger partial charge in [-0.15, -0.1) is 0 Å². The molecule has 1 N–H and O–H groups in total. The highest BCUT2D eigenvalue weighted by Gasteiger charge is 2.10. The maximum Gasteiger partial charge on any atom is 0.0111 e. The van der Waals surface area contributed by atoms with Gasteiger partial charge in [-0.3, -0.25) is 0 Å². The monoisotopic (exact) mass is 281 g/mol. The van der Waals surface area contributed by atoms with Gasteiger partial charge in [0.1, 0.15) is 0 Å². The van der Waals surface area contributed by atoms with Crippen molar-refractivity contribution in [3.63, 3.8) is 0 Å². The molecule has 0 heterocycles. The van der Waals surface area contributed by atoms with Crippen LogP contribution in [-0.4, -0.2) is 12.6 Å². The zero-order valence-corrected chi connectivity index (χ0v) is 13.3. The summed E-state index contributed by atoms with van der Waals surface area (Å²) in [5.41, 5.74) is 4.31. The summed E-state index contributed by atoms with van der Waals surface area (Å²) in [4.78, 5) is 0. The summed E-state index contributed by atoms with van der Waals surface area (Å²) >= 11 is 0. The largest absolute Gasteiger partial charge is 0.314 e. The Hall–Kier alpha value is -1.60. The zero-order chi connectivity index (χ0) is 14.9. The lowest BCUT2D eigenvalue weighted by atomic mass is 9.96. The summed E-state index contributed by atoms with van der Waals surface area (Å²) in [6, 6.07) is 20.1. The number of nitrogens with one attached hydrogen (secondary N) is 1. The quantitative estimate of drug-likeness (QED) is 0.749. The molecule has 0 aliphatic carbocycles. The standard InChI is InChI=1S/C20H27N/c1-3-15-21-20(14-13-18-10-5-4-6-11-18)16-19-12-8-7-9-17(19)2/h4-12,20-21H,3,13-16H2,1-2H3. The van der Waals surface area contributed by atoms with E-state index in [0.717, 1.165) is 19.4 Å². The summed E-state index contributed by atoms with van der Waals surface area (Å²) < 4.78 is 0. The van der Waals surface area contributed by atoms with E-state index >= 15 is 0 Å². The topological polar surface area (TPSA) is 12.0 Å². The molecule has 112 valence electrons. The molecule has 2 rings (SSSR count). The number of hydrogen-bond donors (Lipinski definition) is 1. The van der Waals surface area contributed by atoms with E-state index < -0.39 is 0 Å². The Kier molecular flexibility index (Phi) is 6.49. The summed E-state index contributed by atoms with van der Waals surface area (Å²) in [7, 11) is 0. The molecule has 21 heavy (non-hydrogen) atoms. The average Bonchev–Trinajstić information content (AvgIpc) is 2.53. The van der Waals surface area contributed by atoms with E-state index in [2.05, 4.69) is 73.8 Å². The van der Waals surface area contributed by atoms with Crippen LogP contribution < -0.4 is 5.32 Å². The van der Waals surface area contributed by atoms with E-state index in [9.17, 15) is 0 Å². The first-order valence-electron chi connectivity index (χ1n) is 8.11. The molecule has 0 radical (unpaired) electrons. The van der Waals surface area contributed by atoms with Crippen molar-refractivity contribution in [1.82, 2.24) is 5.32 Å². The second-order valence-corrected chi connectivity index (χ2v) is 5.81. The van der Waals surface area contributed by atoms with Crippen LogP contribution in [0.3, 0.4) is 0 Å². The molecular weight excluding hydrogens is 254 g/mol. The van der Waals surface area contributed by atoms with Gasteiger partial charge in [-0.2, -0.15) is 0 Å².